The highest BCUT2D eigenvalue weighted by Crippen LogP contribution is 2.36. The zero-order chi connectivity index (χ0) is 22.1. The van der Waals surface area contributed by atoms with Gasteiger partial charge < -0.3 is 24.6 Å². The maximum Gasteiger partial charge on any atom is 0.226 e. The quantitative estimate of drug-likeness (QED) is 0.475. The van der Waals surface area contributed by atoms with Crippen LogP contribution in [0.25, 0.3) is 0 Å². The predicted molar refractivity (Wildman–Crippen MR) is 119 cm³/mol. The number of benzene rings is 2. The SMILES string of the molecule is COc1cccc(OC)c1OCC(O)CNC(=O)Cc1csc(Cc2ccccc2)n1. The number of para-hydroxylation sites is 1. The third-order valence-electron chi connectivity index (χ3n) is 4.48. The number of carbonyl (C=O) groups excluding carboxylic acids is 1. The lowest BCUT2D eigenvalue weighted by Crippen LogP contribution is -2.36. The molecule has 0 bridgehead atoms. The highest BCUT2D eigenvalue weighted by molar-refractivity contribution is 7.09. The summed E-state index contributed by atoms with van der Waals surface area (Å²) in [7, 11) is 3.06. The van der Waals surface area contributed by atoms with Crippen molar-refractivity contribution < 1.29 is 24.1 Å². The summed E-state index contributed by atoms with van der Waals surface area (Å²) >= 11 is 1.54. The molecular formula is C23H26N2O5S. The number of nitrogens with one attached hydrogen (secondary N) is 1. The number of aliphatic hydroxyl groups is 1. The van der Waals surface area contributed by atoms with Gasteiger partial charge in [0.15, 0.2) is 11.5 Å². The third-order valence-corrected chi connectivity index (χ3v) is 5.37. The van der Waals surface area contributed by atoms with Crippen LogP contribution < -0.4 is 19.5 Å². The van der Waals surface area contributed by atoms with Gasteiger partial charge in [-0.2, -0.15) is 0 Å². The molecule has 0 aliphatic heterocycles. The predicted octanol–water partition coefficient (Wildman–Crippen LogP) is 2.85. The second-order valence-electron chi connectivity index (χ2n) is 6.83. The van der Waals surface area contributed by atoms with Crippen LogP contribution in [0.2, 0.25) is 0 Å². The molecule has 3 rings (SSSR count). The van der Waals surface area contributed by atoms with Crippen LogP contribution in [0.3, 0.4) is 0 Å². The Morgan fingerprint density at radius 3 is 2.48 bits per heavy atom. The fraction of sp³-hybridized carbons (Fsp3) is 0.304. The number of aromatic nitrogens is 1. The molecular weight excluding hydrogens is 416 g/mol. The van der Waals surface area contributed by atoms with E-state index in [1.165, 1.54) is 31.1 Å². The van der Waals surface area contributed by atoms with E-state index in [2.05, 4.69) is 22.4 Å². The van der Waals surface area contributed by atoms with Crippen molar-refractivity contribution in [2.45, 2.75) is 18.9 Å². The normalized spacial score (nSPS) is 11.6. The minimum absolute atomic E-state index is 0.0189. The van der Waals surface area contributed by atoms with Crippen molar-refractivity contribution in [1.29, 1.82) is 0 Å². The highest BCUT2D eigenvalue weighted by atomic mass is 32.1. The van der Waals surface area contributed by atoms with E-state index in [-0.39, 0.29) is 25.5 Å². The van der Waals surface area contributed by atoms with Gasteiger partial charge in [-0.1, -0.05) is 36.4 Å². The summed E-state index contributed by atoms with van der Waals surface area (Å²) < 4.78 is 16.2. The van der Waals surface area contributed by atoms with Crippen LogP contribution in [0.4, 0.5) is 0 Å². The molecule has 0 aliphatic carbocycles. The maximum absolute atomic E-state index is 12.2. The molecule has 0 radical (unpaired) electrons. The Bertz CT molecular complexity index is 955. The lowest BCUT2D eigenvalue weighted by molar-refractivity contribution is -0.121. The fourth-order valence-electron chi connectivity index (χ4n) is 2.94. The van der Waals surface area contributed by atoms with Crippen molar-refractivity contribution in [3.05, 3.63) is 70.2 Å². The van der Waals surface area contributed by atoms with E-state index in [0.717, 1.165) is 17.1 Å². The van der Waals surface area contributed by atoms with Crippen LogP contribution in [0.5, 0.6) is 17.2 Å². The second kappa shape index (κ2) is 11.3. The molecule has 8 heteroatoms. The number of thiazole rings is 1. The monoisotopic (exact) mass is 442 g/mol. The summed E-state index contributed by atoms with van der Waals surface area (Å²) in [5, 5.41) is 15.8. The van der Waals surface area contributed by atoms with Gasteiger partial charge in [0.25, 0.3) is 0 Å². The Labute approximate surface area is 185 Å². The maximum atomic E-state index is 12.2. The van der Waals surface area contributed by atoms with Crippen molar-refractivity contribution in [2.75, 3.05) is 27.4 Å². The number of nitrogens with zero attached hydrogens (tertiary/aromatic N) is 1. The van der Waals surface area contributed by atoms with Crippen LogP contribution in [0.15, 0.2) is 53.9 Å². The van der Waals surface area contributed by atoms with Crippen LogP contribution in [-0.2, 0) is 17.6 Å². The molecule has 0 spiro atoms. The summed E-state index contributed by atoms with van der Waals surface area (Å²) in [5.74, 6) is 1.22. The average Bonchev–Trinajstić information content (AvgIpc) is 3.23. The lowest BCUT2D eigenvalue weighted by atomic mass is 10.2. The van der Waals surface area contributed by atoms with Gasteiger partial charge in [-0.25, -0.2) is 4.98 Å². The molecule has 1 heterocycles. The molecule has 0 saturated heterocycles. The Balaban J connectivity index is 1.44. The van der Waals surface area contributed by atoms with E-state index in [9.17, 15) is 9.90 Å². The Hall–Kier alpha value is -3.10. The molecule has 1 amide bonds. The molecule has 2 N–H and O–H groups in total. The van der Waals surface area contributed by atoms with E-state index >= 15 is 0 Å². The smallest absolute Gasteiger partial charge is 0.226 e. The van der Waals surface area contributed by atoms with Gasteiger partial charge in [0.1, 0.15) is 12.7 Å². The van der Waals surface area contributed by atoms with Crippen LogP contribution >= 0.6 is 11.3 Å². The first-order valence-corrected chi connectivity index (χ1v) is 10.7. The third kappa shape index (κ3) is 6.70. The molecule has 1 unspecified atom stereocenters. The van der Waals surface area contributed by atoms with E-state index in [4.69, 9.17) is 14.2 Å². The molecule has 2 aromatic carbocycles. The van der Waals surface area contributed by atoms with Gasteiger partial charge in [-0.05, 0) is 17.7 Å². The van der Waals surface area contributed by atoms with Gasteiger partial charge in [0.05, 0.1) is 31.3 Å². The molecule has 1 atom stereocenters. The number of aliphatic hydroxyl groups excluding tert-OH is 1. The second-order valence-corrected chi connectivity index (χ2v) is 7.77. The molecule has 1 aromatic heterocycles. The standard InChI is InChI=1S/C23H26N2O5S/c1-28-19-9-6-10-20(29-2)23(19)30-14-18(26)13-24-21(27)12-17-15-31-22(25-17)11-16-7-4-3-5-8-16/h3-10,15,18,26H,11-14H2,1-2H3,(H,24,27). The molecule has 7 nitrogen and oxygen atoms in total. The summed E-state index contributed by atoms with van der Waals surface area (Å²) in [4.78, 5) is 16.8. The van der Waals surface area contributed by atoms with Crippen molar-refractivity contribution in [1.82, 2.24) is 10.3 Å². The van der Waals surface area contributed by atoms with E-state index in [1.807, 2.05) is 23.6 Å². The highest BCUT2D eigenvalue weighted by Gasteiger charge is 2.15. The molecule has 0 fully saturated rings. The molecule has 0 aliphatic rings. The molecule has 164 valence electrons. The number of hydrogen-bond donors (Lipinski definition) is 2. The topological polar surface area (TPSA) is 89.9 Å². The molecule has 3 aromatic rings. The number of carbonyl (C=O) groups is 1. The zero-order valence-corrected chi connectivity index (χ0v) is 18.4. The number of hydrogen-bond acceptors (Lipinski definition) is 7. The first kappa shape index (κ1) is 22.6. The average molecular weight is 443 g/mol. The van der Waals surface area contributed by atoms with E-state index in [0.29, 0.717) is 17.2 Å². The van der Waals surface area contributed by atoms with Crippen LogP contribution in [-0.4, -0.2) is 49.5 Å². The van der Waals surface area contributed by atoms with Gasteiger partial charge in [-0.3, -0.25) is 4.79 Å². The molecule has 31 heavy (non-hydrogen) atoms. The lowest BCUT2D eigenvalue weighted by Gasteiger charge is -2.17. The summed E-state index contributed by atoms with van der Waals surface area (Å²) in [6, 6.07) is 15.3. The summed E-state index contributed by atoms with van der Waals surface area (Å²) in [6.45, 7) is 0.0479. The van der Waals surface area contributed by atoms with Gasteiger partial charge in [0.2, 0.25) is 11.7 Å². The Morgan fingerprint density at radius 1 is 1.10 bits per heavy atom. The first-order valence-electron chi connectivity index (χ1n) is 9.84. The van der Waals surface area contributed by atoms with Crippen molar-refractivity contribution in [3.8, 4) is 17.2 Å². The van der Waals surface area contributed by atoms with Crippen molar-refractivity contribution in [2.24, 2.45) is 0 Å². The van der Waals surface area contributed by atoms with Gasteiger partial charge in [0, 0.05) is 18.3 Å². The zero-order valence-electron chi connectivity index (χ0n) is 17.5. The fourth-order valence-corrected chi connectivity index (χ4v) is 3.77. The molecule has 0 saturated carbocycles. The number of ether oxygens (including phenoxy) is 3. The van der Waals surface area contributed by atoms with Gasteiger partial charge in [-0.15, -0.1) is 11.3 Å². The Morgan fingerprint density at radius 2 is 1.81 bits per heavy atom. The minimum Gasteiger partial charge on any atom is -0.493 e. The Kier molecular flexibility index (Phi) is 8.26. The number of amides is 1. The summed E-state index contributed by atoms with van der Waals surface area (Å²) in [6.07, 6.45) is 0.0251. The largest absolute Gasteiger partial charge is 0.493 e. The summed E-state index contributed by atoms with van der Waals surface area (Å²) in [5.41, 5.74) is 1.90. The number of rotatable bonds is 11. The van der Waals surface area contributed by atoms with Crippen molar-refractivity contribution in [3.63, 3.8) is 0 Å². The first-order chi connectivity index (χ1) is 15.1. The van der Waals surface area contributed by atoms with E-state index < -0.39 is 6.10 Å². The van der Waals surface area contributed by atoms with E-state index in [1.54, 1.807) is 18.2 Å². The van der Waals surface area contributed by atoms with Crippen LogP contribution in [0.1, 0.15) is 16.3 Å². The van der Waals surface area contributed by atoms with Crippen LogP contribution in [0, 0.1) is 0 Å². The number of methoxy groups -OCH3 is 2. The van der Waals surface area contributed by atoms with Gasteiger partial charge >= 0.3 is 0 Å². The van der Waals surface area contributed by atoms with Crippen molar-refractivity contribution >= 4 is 17.2 Å². The minimum atomic E-state index is -0.886.